The van der Waals surface area contributed by atoms with Gasteiger partial charge in [0, 0.05) is 30.0 Å². The summed E-state index contributed by atoms with van der Waals surface area (Å²) in [6.45, 7) is 3.63. The van der Waals surface area contributed by atoms with Crippen LogP contribution in [0.4, 0.5) is 0 Å². The van der Waals surface area contributed by atoms with Gasteiger partial charge in [-0.1, -0.05) is 0 Å². The third-order valence-electron chi connectivity index (χ3n) is 2.23. The standard InChI is InChI=1S/C11H16N2O3/c1-11(2,4-6-14)13-10(16)8-3-5-12-9(15)7-8/h3,5,7,14H,4,6H2,1-2H3,(H,12,15)(H,13,16). The highest BCUT2D eigenvalue weighted by atomic mass is 16.3. The minimum Gasteiger partial charge on any atom is -0.396 e. The van der Waals surface area contributed by atoms with Crippen molar-refractivity contribution in [1.82, 2.24) is 10.3 Å². The van der Waals surface area contributed by atoms with E-state index < -0.39 is 5.54 Å². The number of aromatic amines is 1. The Morgan fingerprint density at radius 2 is 2.25 bits per heavy atom. The van der Waals surface area contributed by atoms with Crippen molar-refractivity contribution in [2.24, 2.45) is 0 Å². The van der Waals surface area contributed by atoms with Crippen LogP contribution in [0.1, 0.15) is 30.6 Å². The molecule has 3 N–H and O–H groups in total. The number of rotatable bonds is 4. The number of pyridine rings is 1. The first-order chi connectivity index (χ1) is 7.44. The van der Waals surface area contributed by atoms with E-state index in [1.165, 1.54) is 18.3 Å². The number of hydrogen-bond donors (Lipinski definition) is 3. The summed E-state index contributed by atoms with van der Waals surface area (Å²) in [5, 5.41) is 11.6. The number of carbonyl (C=O) groups excluding carboxylic acids is 1. The molecule has 0 spiro atoms. The Labute approximate surface area is 93.5 Å². The molecule has 0 saturated carbocycles. The summed E-state index contributed by atoms with van der Waals surface area (Å²) in [5.74, 6) is -0.315. The Morgan fingerprint density at radius 1 is 1.56 bits per heavy atom. The molecule has 1 aromatic heterocycles. The van der Waals surface area contributed by atoms with Crippen molar-refractivity contribution in [3.05, 3.63) is 34.2 Å². The first-order valence-electron chi connectivity index (χ1n) is 5.07. The molecule has 0 aromatic carbocycles. The van der Waals surface area contributed by atoms with Crippen molar-refractivity contribution in [1.29, 1.82) is 0 Å². The molecule has 5 heteroatoms. The average molecular weight is 224 g/mol. The Morgan fingerprint density at radius 3 is 2.81 bits per heavy atom. The number of aliphatic hydroxyl groups excluding tert-OH is 1. The highest BCUT2D eigenvalue weighted by molar-refractivity contribution is 5.94. The van der Waals surface area contributed by atoms with Gasteiger partial charge in [-0.2, -0.15) is 0 Å². The first kappa shape index (κ1) is 12.4. The van der Waals surface area contributed by atoms with Crippen molar-refractivity contribution in [3.63, 3.8) is 0 Å². The van der Waals surface area contributed by atoms with Crippen molar-refractivity contribution in [2.75, 3.05) is 6.61 Å². The molecule has 88 valence electrons. The van der Waals surface area contributed by atoms with E-state index in [2.05, 4.69) is 10.3 Å². The zero-order valence-corrected chi connectivity index (χ0v) is 9.41. The van der Waals surface area contributed by atoms with E-state index in [0.29, 0.717) is 12.0 Å². The van der Waals surface area contributed by atoms with Gasteiger partial charge < -0.3 is 15.4 Å². The van der Waals surface area contributed by atoms with Crippen molar-refractivity contribution in [3.8, 4) is 0 Å². The molecule has 0 aliphatic rings. The predicted octanol–water partition coefficient (Wildman–Crippen LogP) is 0.266. The molecule has 0 atom stereocenters. The third kappa shape index (κ3) is 3.51. The van der Waals surface area contributed by atoms with Gasteiger partial charge in [0.25, 0.3) is 5.91 Å². The molecule has 0 fully saturated rings. The van der Waals surface area contributed by atoms with Crippen LogP contribution in [0, 0.1) is 0 Å². The van der Waals surface area contributed by atoms with Crippen LogP contribution in [-0.2, 0) is 0 Å². The lowest BCUT2D eigenvalue weighted by Crippen LogP contribution is -2.44. The summed E-state index contributed by atoms with van der Waals surface area (Å²) in [5.41, 5.74) is -0.489. The van der Waals surface area contributed by atoms with Gasteiger partial charge in [0.1, 0.15) is 0 Å². The summed E-state index contributed by atoms with van der Waals surface area (Å²) < 4.78 is 0. The Bertz CT molecular complexity index is 423. The molecular formula is C11H16N2O3. The van der Waals surface area contributed by atoms with E-state index in [1.54, 1.807) is 0 Å². The van der Waals surface area contributed by atoms with Crippen molar-refractivity contribution < 1.29 is 9.90 Å². The van der Waals surface area contributed by atoms with Crippen LogP contribution in [0.2, 0.25) is 0 Å². The van der Waals surface area contributed by atoms with Gasteiger partial charge >= 0.3 is 0 Å². The monoisotopic (exact) mass is 224 g/mol. The largest absolute Gasteiger partial charge is 0.396 e. The zero-order valence-electron chi connectivity index (χ0n) is 9.41. The van der Waals surface area contributed by atoms with Crippen LogP contribution in [-0.4, -0.2) is 28.1 Å². The van der Waals surface area contributed by atoms with E-state index in [-0.39, 0.29) is 18.1 Å². The molecule has 1 heterocycles. The summed E-state index contributed by atoms with van der Waals surface area (Å²) in [4.78, 5) is 25.2. The van der Waals surface area contributed by atoms with Crippen molar-refractivity contribution in [2.45, 2.75) is 25.8 Å². The number of hydrogen-bond acceptors (Lipinski definition) is 3. The number of carbonyl (C=O) groups is 1. The van der Waals surface area contributed by atoms with Gasteiger partial charge in [-0.15, -0.1) is 0 Å². The molecule has 0 unspecified atom stereocenters. The fraction of sp³-hybridized carbons (Fsp3) is 0.455. The van der Waals surface area contributed by atoms with Crippen LogP contribution in [0.15, 0.2) is 23.1 Å². The molecule has 5 nitrogen and oxygen atoms in total. The van der Waals surface area contributed by atoms with Crippen LogP contribution in [0.25, 0.3) is 0 Å². The van der Waals surface area contributed by atoms with Gasteiger partial charge in [0.15, 0.2) is 0 Å². The summed E-state index contributed by atoms with van der Waals surface area (Å²) in [6, 6.07) is 2.77. The van der Waals surface area contributed by atoms with E-state index >= 15 is 0 Å². The summed E-state index contributed by atoms with van der Waals surface area (Å²) >= 11 is 0. The second-order valence-corrected chi connectivity index (χ2v) is 4.25. The van der Waals surface area contributed by atoms with Gasteiger partial charge in [-0.25, -0.2) is 0 Å². The second kappa shape index (κ2) is 4.94. The smallest absolute Gasteiger partial charge is 0.251 e. The maximum atomic E-state index is 11.7. The molecule has 0 aliphatic carbocycles. The van der Waals surface area contributed by atoms with Crippen LogP contribution in [0.3, 0.4) is 0 Å². The average Bonchev–Trinajstić information content (AvgIpc) is 2.16. The Hall–Kier alpha value is -1.62. The third-order valence-corrected chi connectivity index (χ3v) is 2.23. The number of nitrogens with one attached hydrogen (secondary N) is 2. The molecular weight excluding hydrogens is 208 g/mol. The number of amides is 1. The normalized spacial score (nSPS) is 11.2. The number of aliphatic hydroxyl groups is 1. The van der Waals surface area contributed by atoms with E-state index in [0.717, 1.165) is 0 Å². The van der Waals surface area contributed by atoms with Crippen LogP contribution < -0.4 is 10.9 Å². The Balaban J connectivity index is 2.76. The first-order valence-corrected chi connectivity index (χ1v) is 5.07. The predicted molar refractivity (Wildman–Crippen MR) is 60.3 cm³/mol. The zero-order chi connectivity index (χ0) is 12.2. The lowest BCUT2D eigenvalue weighted by atomic mass is 10.0. The molecule has 0 radical (unpaired) electrons. The molecule has 0 saturated heterocycles. The topological polar surface area (TPSA) is 82.2 Å². The molecule has 0 bridgehead atoms. The van der Waals surface area contributed by atoms with Crippen molar-refractivity contribution >= 4 is 5.91 Å². The molecule has 16 heavy (non-hydrogen) atoms. The second-order valence-electron chi connectivity index (χ2n) is 4.25. The van der Waals surface area contributed by atoms with Gasteiger partial charge in [-0.05, 0) is 26.3 Å². The number of H-pyrrole nitrogens is 1. The highest BCUT2D eigenvalue weighted by Gasteiger charge is 2.20. The molecule has 1 rings (SSSR count). The fourth-order valence-corrected chi connectivity index (χ4v) is 1.31. The van der Waals surface area contributed by atoms with Gasteiger partial charge in [-0.3, -0.25) is 9.59 Å². The van der Waals surface area contributed by atoms with Gasteiger partial charge in [0.2, 0.25) is 5.56 Å². The maximum Gasteiger partial charge on any atom is 0.251 e. The SMILES string of the molecule is CC(C)(CCO)NC(=O)c1cc[nH]c(=O)c1. The number of aromatic nitrogens is 1. The van der Waals surface area contributed by atoms with E-state index in [9.17, 15) is 9.59 Å². The molecule has 1 aromatic rings. The summed E-state index contributed by atoms with van der Waals surface area (Å²) in [6.07, 6.45) is 1.89. The van der Waals surface area contributed by atoms with Gasteiger partial charge in [0.05, 0.1) is 0 Å². The van der Waals surface area contributed by atoms with E-state index in [1.807, 2.05) is 13.8 Å². The Kier molecular flexibility index (Phi) is 3.84. The minimum atomic E-state index is -0.492. The van der Waals surface area contributed by atoms with Crippen LogP contribution >= 0.6 is 0 Å². The summed E-state index contributed by atoms with van der Waals surface area (Å²) in [7, 11) is 0. The minimum absolute atomic E-state index is 0.00263. The molecule has 1 amide bonds. The van der Waals surface area contributed by atoms with E-state index in [4.69, 9.17) is 5.11 Å². The van der Waals surface area contributed by atoms with Crippen LogP contribution in [0.5, 0.6) is 0 Å². The quantitative estimate of drug-likeness (QED) is 0.686. The lowest BCUT2D eigenvalue weighted by molar-refractivity contribution is 0.0899. The molecule has 0 aliphatic heterocycles. The highest BCUT2D eigenvalue weighted by Crippen LogP contribution is 2.08. The lowest BCUT2D eigenvalue weighted by Gasteiger charge is -2.25. The maximum absolute atomic E-state index is 11.7. The fourth-order valence-electron chi connectivity index (χ4n) is 1.31.